The third kappa shape index (κ3) is 5.81. The molecule has 2 heterocycles. The van der Waals surface area contributed by atoms with Crippen LogP contribution in [0.1, 0.15) is 51.9 Å². The van der Waals surface area contributed by atoms with E-state index in [1.807, 2.05) is 36.4 Å². The van der Waals surface area contributed by atoms with Crippen molar-refractivity contribution in [2.75, 3.05) is 23.3 Å². The van der Waals surface area contributed by atoms with Crippen molar-refractivity contribution in [3.8, 4) is 11.6 Å². The zero-order chi connectivity index (χ0) is 20.8. The van der Waals surface area contributed by atoms with Gasteiger partial charge in [0.15, 0.2) is 5.11 Å². The van der Waals surface area contributed by atoms with Crippen LogP contribution in [0.25, 0.3) is 0 Å². The number of benzene rings is 1. The van der Waals surface area contributed by atoms with Crippen LogP contribution in [0, 0.1) is 5.92 Å². The van der Waals surface area contributed by atoms with Crippen molar-refractivity contribution >= 4 is 29.1 Å². The molecule has 7 heteroatoms. The van der Waals surface area contributed by atoms with Gasteiger partial charge in [-0.05, 0) is 56.0 Å². The maximum atomic E-state index is 6.03. The Hall–Kier alpha value is -2.41. The van der Waals surface area contributed by atoms with Gasteiger partial charge in [0.25, 0.3) is 0 Å². The minimum absolute atomic E-state index is 0.435. The minimum Gasteiger partial charge on any atom is -0.439 e. The Morgan fingerprint density at radius 3 is 2.63 bits per heavy atom. The number of aromatic nitrogens is 2. The zero-order valence-corrected chi connectivity index (χ0v) is 18.5. The molecule has 160 valence electrons. The first-order valence-corrected chi connectivity index (χ1v) is 11.5. The van der Waals surface area contributed by atoms with Crippen LogP contribution < -0.4 is 20.3 Å². The Kier molecular flexibility index (Phi) is 7.00. The molecule has 1 saturated carbocycles. The molecule has 2 fully saturated rings. The van der Waals surface area contributed by atoms with Crippen LogP contribution in [0.5, 0.6) is 11.6 Å². The van der Waals surface area contributed by atoms with E-state index in [0.29, 0.717) is 28.9 Å². The lowest BCUT2D eigenvalue weighted by Gasteiger charge is -2.32. The Labute approximate surface area is 184 Å². The number of anilines is 2. The van der Waals surface area contributed by atoms with Crippen LogP contribution >= 0.6 is 12.2 Å². The summed E-state index contributed by atoms with van der Waals surface area (Å²) in [5, 5.41) is 7.21. The second-order valence-corrected chi connectivity index (χ2v) is 8.84. The molecule has 1 aromatic heterocycles. The molecule has 1 aliphatic carbocycles. The highest BCUT2D eigenvalue weighted by Gasteiger charge is 2.20. The molecule has 0 bridgehead atoms. The lowest BCUT2D eigenvalue weighted by atomic mass is 9.96. The number of hydrogen-bond acceptors (Lipinski definition) is 5. The molecular formula is C23H31N5OS. The van der Waals surface area contributed by atoms with Gasteiger partial charge in [0.2, 0.25) is 11.8 Å². The molecule has 4 rings (SSSR count). The summed E-state index contributed by atoms with van der Waals surface area (Å²) >= 11 is 5.55. The van der Waals surface area contributed by atoms with Gasteiger partial charge in [-0.15, -0.1) is 0 Å². The van der Waals surface area contributed by atoms with E-state index >= 15 is 0 Å². The van der Waals surface area contributed by atoms with Gasteiger partial charge in [-0.3, -0.25) is 0 Å². The zero-order valence-electron chi connectivity index (χ0n) is 17.6. The van der Waals surface area contributed by atoms with Gasteiger partial charge in [0.05, 0.1) is 0 Å². The van der Waals surface area contributed by atoms with Crippen molar-refractivity contribution in [3.63, 3.8) is 0 Å². The molecule has 1 atom stereocenters. The van der Waals surface area contributed by atoms with E-state index < -0.39 is 0 Å². The summed E-state index contributed by atoms with van der Waals surface area (Å²) in [6.07, 6.45) is 8.59. The lowest BCUT2D eigenvalue weighted by molar-refractivity contribution is 0.414. The Morgan fingerprint density at radius 2 is 1.87 bits per heavy atom. The number of piperidine rings is 1. The Bertz CT molecular complexity index is 841. The average molecular weight is 426 g/mol. The summed E-state index contributed by atoms with van der Waals surface area (Å²) in [6, 6.07) is 12.1. The summed E-state index contributed by atoms with van der Waals surface area (Å²) in [7, 11) is 0. The number of rotatable bonds is 5. The van der Waals surface area contributed by atoms with E-state index in [4.69, 9.17) is 21.9 Å². The summed E-state index contributed by atoms with van der Waals surface area (Å²) in [5.41, 5.74) is 0. The van der Waals surface area contributed by atoms with Crippen LogP contribution in [0.3, 0.4) is 0 Å². The molecule has 6 nitrogen and oxygen atoms in total. The largest absolute Gasteiger partial charge is 0.439 e. The highest BCUT2D eigenvalue weighted by atomic mass is 32.1. The molecule has 30 heavy (non-hydrogen) atoms. The second kappa shape index (κ2) is 10.1. The van der Waals surface area contributed by atoms with Crippen molar-refractivity contribution in [2.45, 2.75) is 57.9 Å². The Balaban J connectivity index is 1.52. The van der Waals surface area contributed by atoms with Crippen LogP contribution in [-0.4, -0.2) is 34.2 Å². The summed E-state index contributed by atoms with van der Waals surface area (Å²) < 4.78 is 6.03. The monoisotopic (exact) mass is 425 g/mol. The molecule has 0 radical (unpaired) electrons. The number of para-hydroxylation sites is 1. The van der Waals surface area contributed by atoms with Gasteiger partial charge in [-0.1, -0.05) is 44.4 Å². The van der Waals surface area contributed by atoms with Gasteiger partial charge in [-0.2, -0.15) is 9.97 Å². The third-order valence-electron chi connectivity index (χ3n) is 5.80. The maximum Gasteiger partial charge on any atom is 0.234 e. The molecular weight excluding hydrogens is 394 g/mol. The van der Waals surface area contributed by atoms with Crippen molar-refractivity contribution in [2.24, 2.45) is 5.92 Å². The highest BCUT2D eigenvalue weighted by molar-refractivity contribution is 7.80. The molecule has 1 aliphatic heterocycles. The quantitative estimate of drug-likeness (QED) is 0.644. The fraction of sp³-hybridized carbons (Fsp3) is 0.522. The van der Waals surface area contributed by atoms with Gasteiger partial charge in [-0.25, -0.2) is 0 Å². The summed E-state index contributed by atoms with van der Waals surface area (Å²) in [4.78, 5) is 11.7. The fourth-order valence-corrected chi connectivity index (χ4v) is 4.52. The van der Waals surface area contributed by atoms with Gasteiger partial charge >= 0.3 is 0 Å². The van der Waals surface area contributed by atoms with E-state index in [2.05, 4.69) is 27.4 Å². The molecule has 1 unspecified atom stereocenters. The number of hydrogen-bond donors (Lipinski definition) is 2. The first-order chi connectivity index (χ1) is 14.7. The Morgan fingerprint density at radius 1 is 1.07 bits per heavy atom. The standard InChI is InChI=1S/C23H31N5OS/c1-17-9-8-14-28(16-17)20-15-21(29-19-12-6-3-7-13-19)26-22(25-20)27-23(30)24-18-10-4-2-5-11-18/h3,6-7,12-13,15,17-18H,2,4-5,8-11,14,16H2,1H3,(H2,24,25,26,27,30). The average Bonchev–Trinajstić information content (AvgIpc) is 2.75. The minimum atomic E-state index is 0.435. The molecule has 2 aromatic rings. The molecule has 2 N–H and O–H groups in total. The SMILES string of the molecule is CC1CCCN(c2cc(Oc3ccccc3)nc(NC(=S)NC3CCCCC3)n2)C1. The van der Waals surface area contributed by atoms with E-state index in [1.54, 1.807) is 0 Å². The number of ether oxygens (including phenoxy) is 1. The third-order valence-corrected chi connectivity index (χ3v) is 6.02. The first-order valence-electron chi connectivity index (χ1n) is 11.1. The van der Waals surface area contributed by atoms with Gasteiger partial charge in [0.1, 0.15) is 11.6 Å². The molecule has 2 aliphatic rings. The van der Waals surface area contributed by atoms with Gasteiger partial charge in [0, 0.05) is 25.2 Å². The van der Waals surface area contributed by atoms with E-state index in [9.17, 15) is 0 Å². The van der Waals surface area contributed by atoms with Crippen molar-refractivity contribution in [3.05, 3.63) is 36.4 Å². The van der Waals surface area contributed by atoms with Gasteiger partial charge < -0.3 is 20.3 Å². The van der Waals surface area contributed by atoms with Crippen LogP contribution in [-0.2, 0) is 0 Å². The molecule has 1 saturated heterocycles. The van der Waals surface area contributed by atoms with Crippen LogP contribution in [0.2, 0.25) is 0 Å². The van der Waals surface area contributed by atoms with Crippen LogP contribution in [0.4, 0.5) is 11.8 Å². The van der Waals surface area contributed by atoms with E-state index in [0.717, 1.165) is 37.5 Å². The van der Waals surface area contributed by atoms with E-state index in [-0.39, 0.29) is 0 Å². The molecule has 1 aromatic carbocycles. The number of thiocarbonyl (C=S) groups is 1. The predicted molar refractivity (Wildman–Crippen MR) is 125 cm³/mol. The van der Waals surface area contributed by atoms with Crippen LogP contribution in [0.15, 0.2) is 36.4 Å². The number of nitrogens with one attached hydrogen (secondary N) is 2. The fourth-order valence-electron chi connectivity index (χ4n) is 4.26. The highest BCUT2D eigenvalue weighted by Crippen LogP contribution is 2.28. The normalized spacial score (nSPS) is 19.9. The van der Waals surface area contributed by atoms with Crippen molar-refractivity contribution < 1.29 is 4.74 Å². The van der Waals surface area contributed by atoms with E-state index in [1.165, 1.54) is 32.1 Å². The lowest BCUT2D eigenvalue weighted by Crippen LogP contribution is -2.39. The predicted octanol–water partition coefficient (Wildman–Crippen LogP) is 5.12. The molecule has 0 amide bonds. The smallest absolute Gasteiger partial charge is 0.234 e. The molecule has 0 spiro atoms. The topological polar surface area (TPSA) is 62.3 Å². The first kappa shape index (κ1) is 20.8. The number of nitrogens with zero attached hydrogens (tertiary/aromatic N) is 3. The maximum absolute atomic E-state index is 6.03. The second-order valence-electron chi connectivity index (χ2n) is 8.43. The summed E-state index contributed by atoms with van der Waals surface area (Å²) in [6.45, 7) is 4.28. The summed E-state index contributed by atoms with van der Waals surface area (Å²) in [5.74, 6) is 3.28. The van der Waals surface area contributed by atoms with Crippen molar-refractivity contribution in [1.82, 2.24) is 15.3 Å². The van der Waals surface area contributed by atoms with Crippen molar-refractivity contribution in [1.29, 1.82) is 0 Å².